The molecular formula is C42H78O3. The molecule has 0 aliphatic heterocycles. The largest absolute Gasteiger partial charge is 0.386 e. The van der Waals surface area contributed by atoms with Crippen molar-refractivity contribution in [3.63, 3.8) is 0 Å². The highest BCUT2D eigenvalue weighted by Gasteiger charge is 2.36. The van der Waals surface area contributed by atoms with Crippen molar-refractivity contribution >= 4 is 0 Å². The second-order valence-electron chi connectivity index (χ2n) is 18.8. The summed E-state index contributed by atoms with van der Waals surface area (Å²) in [5.74, 6) is 1.44. The molecule has 45 heavy (non-hydrogen) atoms. The number of hydrogen-bond acceptors (Lipinski definition) is 3. The summed E-state index contributed by atoms with van der Waals surface area (Å²) in [5.41, 5.74) is 2.89. The van der Waals surface area contributed by atoms with E-state index >= 15 is 0 Å². The van der Waals surface area contributed by atoms with Gasteiger partial charge in [-0.3, -0.25) is 0 Å². The van der Waals surface area contributed by atoms with Gasteiger partial charge < -0.3 is 15.3 Å². The summed E-state index contributed by atoms with van der Waals surface area (Å²) in [5, 5.41) is 31.5. The summed E-state index contributed by atoms with van der Waals surface area (Å²) >= 11 is 0. The highest BCUT2D eigenvalue weighted by Crippen LogP contribution is 2.42. The lowest BCUT2D eigenvalue weighted by atomic mass is 9.71. The van der Waals surface area contributed by atoms with Crippen LogP contribution in [0.4, 0.5) is 0 Å². The van der Waals surface area contributed by atoms with Crippen molar-refractivity contribution in [2.24, 2.45) is 34.0 Å². The molecule has 0 fully saturated rings. The summed E-state index contributed by atoms with van der Waals surface area (Å²) in [6.07, 6.45) is 20.1. The minimum atomic E-state index is -0.605. The van der Waals surface area contributed by atoms with Crippen LogP contribution in [0.3, 0.4) is 0 Å². The third-order valence-corrected chi connectivity index (χ3v) is 10.8. The highest BCUT2D eigenvalue weighted by atomic mass is 16.3. The molecule has 3 nitrogen and oxygen atoms in total. The molecule has 0 aromatic rings. The van der Waals surface area contributed by atoms with Crippen molar-refractivity contribution in [2.45, 2.75) is 198 Å². The molecule has 0 saturated heterocycles. The Balaban J connectivity index is 0.000000337. The molecule has 3 heteroatoms. The van der Waals surface area contributed by atoms with Gasteiger partial charge in [0.2, 0.25) is 0 Å². The van der Waals surface area contributed by atoms with Crippen LogP contribution in [0, 0.1) is 34.0 Å². The topological polar surface area (TPSA) is 60.7 Å². The molecule has 0 radical (unpaired) electrons. The molecule has 3 aliphatic carbocycles. The van der Waals surface area contributed by atoms with Gasteiger partial charge in [0, 0.05) is 0 Å². The predicted molar refractivity (Wildman–Crippen MR) is 197 cm³/mol. The van der Waals surface area contributed by atoms with Gasteiger partial charge in [0.05, 0.1) is 16.8 Å². The predicted octanol–water partition coefficient (Wildman–Crippen LogP) is 11.8. The molecular weight excluding hydrogens is 552 g/mol. The molecule has 0 aromatic carbocycles. The second-order valence-corrected chi connectivity index (χ2v) is 18.8. The molecule has 0 bridgehead atoms. The Morgan fingerprint density at radius 2 is 1.09 bits per heavy atom. The quantitative estimate of drug-likeness (QED) is 0.222. The van der Waals surface area contributed by atoms with Crippen LogP contribution in [-0.4, -0.2) is 32.1 Å². The van der Waals surface area contributed by atoms with Crippen molar-refractivity contribution in [3.05, 3.63) is 34.9 Å². The van der Waals surface area contributed by atoms with Crippen molar-refractivity contribution in [1.29, 1.82) is 0 Å². The zero-order valence-corrected chi connectivity index (χ0v) is 32.8. The minimum absolute atomic E-state index is 0.269. The first kappa shape index (κ1) is 42.1. The van der Waals surface area contributed by atoms with E-state index < -0.39 is 16.8 Å². The van der Waals surface area contributed by atoms with Gasteiger partial charge in [0.1, 0.15) is 0 Å². The van der Waals surface area contributed by atoms with Gasteiger partial charge in [-0.1, -0.05) is 108 Å². The van der Waals surface area contributed by atoms with Gasteiger partial charge in [-0.2, -0.15) is 0 Å². The highest BCUT2D eigenvalue weighted by molar-refractivity contribution is 5.23. The average Bonchev–Trinajstić information content (AvgIpc) is 2.85. The van der Waals surface area contributed by atoms with Crippen LogP contribution < -0.4 is 0 Å². The number of rotatable bonds is 9. The monoisotopic (exact) mass is 631 g/mol. The number of aliphatic hydroxyl groups is 3. The van der Waals surface area contributed by atoms with Gasteiger partial charge in [-0.15, -0.1) is 0 Å². The summed E-state index contributed by atoms with van der Waals surface area (Å²) in [6, 6.07) is 0. The molecule has 3 aliphatic rings. The van der Waals surface area contributed by atoms with Crippen molar-refractivity contribution in [3.8, 4) is 0 Å². The van der Waals surface area contributed by atoms with Gasteiger partial charge in [-0.05, 0) is 142 Å². The molecule has 0 amide bonds. The smallest absolute Gasteiger partial charge is 0.0854 e. The second kappa shape index (κ2) is 16.5. The van der Waals surface area contributed by atoms with Crippen LogP contribution in [0.2, 0.25) is 0 Å². The minimum Gasteiger partial charge on any atom is -0.386 e. The van der Waals surface area contributed by atoms with Gasteiger partial charge in [-0.25, -0.2) is 0 Å². The lowest BCUT2D eigenvalue weighted by Gasteiger charge is -2.38. The van der Waals surface area contributed by atoms with Crippen LogP contribution in [0.25, 0.3) is 0 Å². The molecule has 264 valence electrons. The molecule has 4 unspecified atom stereocenters. The fourth-order valence-electron chi connectivity index (χ4n) is 7.81. The van der Waals surface area contributed by atoms with Gasteiger partial charge in [0.15, 0.2) is 0 Å². The first-order valence-corrected chi connectivity index (χ1v) is 18.6. The third-order valence-electron chi connectivity index (χ3n) is 10.8. The van der Waals surface area contributed by atoms with E-state index in [2.05, 4.69) is 101 Å². The molecule has 0 spiro atoms. The first-order valence-electron chi connectivity index (χ1n) is 18.6. The summed E-state index contributed by atoms with van der Waals surface area (Å²) in [7, 11) is 0. The normalized spacial score (nSPS) is 25.5. The van der Waals surface area contributed by atoms with Gasteiger partial charge >= 0.3 is 0 Å². The Hall–Kier alpha value is -0.900. The number of hydrogen-bond donors (Lipinski definition) is 3. The Labute approximate surface area is 281 Å². The SMILES string of the molecule is CC(C)CC(C)(O)C1=CC(C)(C)CCC1.CC(C)CC(C)(O)C1=CCCC(C)(C)C1.CCC(C)C(C)(O)C1=CC(C)(C)CCC1. The van der Waals surface area contributed by atoms with Crippen LogP contribution in [-0.2, 0) is 0 Å². The van der Waals surface area contributed by atoms with E-state index in [9.17, 15) is 15.3 Å². The molecule has 3 N–H and O–H groups in total. The van der Waals surface area contributed by atoms with Crippen molar-refractivity contribution in [2.75, 3.05) is 0 Å². The van der Waals surface area contributed by atoms with E-state index in [1.807, 2.05) is 20.8 Å². The Bertz CT molecular complexity index is 997. The molecule has 3 rings (SSSR count). The first-order chi connectivity index (χ1) is 20.3. The van der Waals surface area contributed by atoms with Crippen LogP contribution in [0.1, 0.15) is 181 Å². The molecule has 4 atom stereocenters. The third kappa shape index (κ3) is 14.4. The molecule has 0 aromatic heterocycles. The van der Waals surface area contributed by atoms with Crippen LogP contribution >= 0.6 is 0 Å². The zero-order chi connectivity index (χ0) is 35.1. The van der Waals surface area contributed by atoms with E-state index in [4.69, 9.17) is 0 Å². The number of allylic oxidation sites excluding steroid dienone is 3. The van der Waals surface area contributed by atoms with Crippen LogP contribution in [0.15, 0.2) is 34.9 Å². The molecule has 0 saturated carbocycles. The Morgan fingerprint density at radius 1 is 0.667 bits per heavy atom. The maximum atomic E-state index is 10.6. The standard InChI is InChI=1S/3C14H26O/c2*1-11(2)9-14(5,15)12-7-6-8-13(3,4)10-12;1-6-11(2)14(5,15)12-8-7-9-13(3,4)10-12/h10-11,15H,6-9H2,1-5H3;7,11,15H,6,8-10H2,1-5H3;10-11,15H,6-9H2,1-5H3. The zero-order valence-electron chi connectivity index (χ0n) is 32.8. The van der Waals surface area contributed by atoms with Crippen molar-refractivity contribution < 1.29 is 15.3 Å². The maximum absolute atomic E-state index is 10.6. The van der Waals surface area contributed by atoms with E-state index in [0.717, 1.165) is 44.9 Å². The van der Waals surface area contributed by atoms with E-state index in [0.29, 0.717) is 23.2 Å². The molecule has 0 heterocycles. The summed E-state index contributed by atoms with van der Waals surface area (Å²) in [4.78, 5) is 0. The van der Waals surface area contributed by atoms with E-state index in [1.165, 1.54) is 48.8 Å². The van der Waals surface area contributed by atoms with E-state index in [-0.39, 0.29) is 10.8 Å². The summed E-state index contributed by atoms with van der Waals surface area (Å²) < 4.78 is 0. The van der Waals surface area contributed by atoms with E-state index in [1.54, 1.807) is 0 Å². The van der Waals surface area contributed by atoms with Crippen LogP contribution in [0.5, 0.6) is 0 Å². The Kier molecular flexibility index (Phi) is 15.4. The fraction of sp³-hybridized carbons (Fsp3) is 0.857. The Morgan fingerprint density at radius 3 is 1.49 bits per heavy atom. The maximum Gasteiger partial charge on any atom is 0.0854 e. The lowest BCUT2D eigenvalue weighted by Crippen LogP contribution is -2.37. The summed E-state index contributed by atoms with van der Waals surface area (Å²) in [6.45, 7) is 32.5. The average molecular weight is 631 g/mol. The fourth-order valence-corrected chi connectivity index (χ4v) is 7.81. The lowest BCUT2D eigenvalue weighted by molar-refractivity contribution is 0.0338. The van der Waals surface area contributed by atoms with Crippen molar-refractivity contribution in [1.82, 2.24) is 0 Å². The van der Waals surface area contributed by atoms with Gasteiger partial charge in [0.25, 0.3) is 0 Å².